The first-order valence-electron chi connectivity index (χ1n) is 6.28. The van der Waals surface area contributed by atoms with E-state index in [1.165, 1.54) is 0 Å². The molecule has 0 aliphatic carbocycles. The first-order chi connectivity index (χ1) is 9.52. The van der Waals surface area contributed by atoms with Gasteiger partial charge in [-0.25, -0.2) is 0 Å². The average molecular weight is 292 g/mol. The normalized spacial score (nSPS) is 16.7. The van der Waals surface area contributed by atoms with Gasteiger partial charge in [0.2, 0.25) is 0 Å². The van der Waals surface area contributed by atoms with E-state index in [9.17, 15) is 14.7 Å². The van der Waals surface area contributed by atoms with Crippen LogP contribution < -0.4 is 5.32 Å². The molecule has 2 N–H and O–H groups in total. The molecule has 1 heterocycles. The zero-order chi connectivity index (χ0) is 14.7. The van der Waals surface area contributed by atoms with Gasteiger partial charge in [0, 0.05) is 11.4 Å². The molecule has 0 radical (unpaired) electrons. The largest absolute Gasteiger partial charge is 0.505 e. The van der Waals surface area contributed by atoms with E-state index < -0.39 is 5.91 Å². The second-order valence-corrected chi connectivity index (χ2v) is 4.90. The van der Waals surface area contributed by atoms with Crippen LogP contribution in [0.2, 0.25) is 5.02 Å². The molecule has 0 bridgehead atoms. The van der Waals surface area contributed by atoms with Gasteiger partial charge < -0.3 is 10.4 Å². The van der Waals surface area contributed by atoms with E-state index in [2.05, 4.69) is 5.32 Å². The Kier molecular flexibility index (Phi) is 4.25. The van der Waals surface area contributed by atoms with Gasteiger partial charge in [0.25, 0.3) is 5.91 Å². The summed E-state index contributed by atoms with van der Waals surface area (Å²) in [5.74, 6) is -1.19. The van der Waals surface area contributed by atoms with Crippen LogP contribution in [0, 0.1) is 0 Å². The molecule has 104 valence electrons. The number of carbonyl (C=O) groups is 2. The van der Waals surface area contributed by atoms with Crippen LogP contribution in [0.1, 0.15) is 25.3 Å². The average Bonchev–Trinajstić information content (AvgIpc) is 2.67. The molecule has 0 spiro atoms. The van der Waals surface area contributed by atoms with E-state index >= 15 is 0 Å². The van der Waals surface area contributed by atoms with Gasteiger partial charge in [-0.2, -0.15) is 0 Å². The van der Waals surface area contributed by atoms with Crippen molar-refractivity contribution in [1.82, 2.24) is 5.32 Å². The van der Waals surface area contributed by atoms with Gasteiger partial charge in [0.15, 0.2) is 11.5 Å². The lowest BCUT2D eigenvalue weighted by atomic mass is 10.1. The molecule has 2 rings (SSSR count). The van der Waals surface area contributed by atoms with Crippen LogP contribution in [0.5, 0.6) is 0 Å². The third-order valence-electron chi connectivity index (χ3n) is 2.90. The Morgan fingerprint density at radius 3 is 2.60 bits per heavy atom. The summed E-state index contributed by atoms with van der Waals surface area (Å²) in [6.45, 7) is 1.84. The Morgan fingerprint density at radius 1 is 1.35 bits per heavy atom. The van der Waals surface area contributed by atoms with Crippen LogP contribution in [0.15, 0.2) is 41.3 Å². The summed E-state index contributed by atoms with van der Waals surface area (Å²) < 4.78 is 0. The van der Waals surface area contributed by atoms with Crippen molar-refractivity contribution in [3.8, 4) is 0 Å². The topological polar surface area (TPSA) is 66.4 Å². The number of halogens is 1. The minimum Gasteiger partial charge on any atom is -0.505 e. The summed E-state index contributed by atoms with van der Waals surface area (Å²) in [6.07, 6.45) is 2.45. The van der Waals surface area contributed by atoms with Crippen molar-refractivity contribution in [2.45, 2.75) is 19.8 Å². The van der Waals surface area contributed by atoms with Crippen LogP contribution >= 0.6 is 11.6 Å². The number of benzene rings is 1. The second-order valence-electron chi connectivity index (χ2n) is 4.46. The highest BCUT2D eigenvalue weighted by Gasteiger charge is 2.31. The number of hydrogen-bond acceptors (Lipinski definition) is 3. The molecule has 20 heavy (non-hydrogen) atoms. The molecule has 1 aliphatic rings. The summed E-state index contributed by atoms with van der Waals surface area (Å²) in [4.78, 5) is 23.5. The predicted octanol–water partition coefficient (Wildman–Crippen LogP) is 2.99. The van der Waals surface area contributed by atoms with Crippen molar-refractivity contribution in [1.29, 1.82) is 0 Å². The molecule has 0 saturated carbocycles. The Balaban J connectivity index is 2.33. The van der Waals surface area contributed by atoms with Crippen molar-refractivity contribution >= 4 is 29.4 Å². The number of aliphatic hydroxyl groups is 1. The highest BCUT2D eigenvalue weighted by Crippen LogP contribution is 2.23. The maximum absolute atomic E-state index is 11.8. The summed E-state index contributed by atoms with van der Waals surface area (Å²) in [5.41, 5.74) is 0.837. The van der Waals surface area contributed by atoms with E-state index in [1.807, 2.05) is 6.92 Å². The SMILES string of the molecule is CCCC(=O)C1=C(O)/C(=C\c2ccc(Cl)cc2)NC1=O. The fraction of sp³-hybridized carbons (Fsp3) is 0.200. The molecular weight excluding hydrogens is 278 g/mol. The summed E-state index contributed by atoms with van der Waals surface area (Å²) >= 11 is 5.79. The van der Waals surface area contributed by atoms with Crippen molar-refractivity contribution in [2.24, 2.45) is 0 Å². The lowest BCUT2D eigenvalue weighted by molar-refractivity contribution is -0.121. The molecule has 1 aromatic carbocycles. The Labute approximate surface area is 121 Å². The number of nitrogens with one attached hydrogen (secondary N) is 1. The fourth-order valence-electron chi connectivity index (χ4n) is 1.93. The Bertz CT molecular complexity index is 615. The molecule has 0 atom stereocenters. The number of rotatable bonds is 4. The lowest BCUT2D eigenvalue weighted by Gasteiger charge is -1.99. The van der Waals surface area contributed by atoms with Gasteiger partial charge in [-0.1, -0.05) is 30.7 Å². The third-order valence-corrected chi connectivity index (χ3v) is 3.16. The number of hydrogen-bond donors (Lipinski definition) is 2. The van der Waals surface area contributed by atoms with Gasteiger partial charge in [0.05, 0.1) is 5.70 Å². The third kappa shape index (κ3) is 2.91. The molecule has 0 fully saturated rings. The molecule has 4 nitrogen and oxygen atoms in total. The zero-order valence-corrected chi connectivity index (χ0v) is 11.7. The predicted molar refractivity (Wildman–Crippen MR) is 77.1 cm³/mol. The smallest absolute Gasteiger partial charge is 0.263 e. The molecular formula is C15H14ClNO3. The summed E-state index contributed by atoms with van der Waals surface area (Å²) in [6, 6.07) is 6.91. The number of Topliss-reactive ketones (excluding diaryl/α,β-unsaturated/α-hetero) is 1. The van der Waals surface area contributed by atoms with Crippen LogP contribution in [0.4, 0.5) is 0 Å². The van der Waals surface area contributed by atoms with Crippen LogP contribution in [0.3, 0.4) is 0 Å². The highest BCUT2D eigenvalue weighted by atomic mass is 35.5. The molecule has 0 unspecified atom stereocenters. The monoisotopic (exact) mass is 291 g/mol. The first-order valence-corrected chi connectivity index (χ1v) is 6.66. The van der Waals surface area contributed by atoms with Crippen LogP contribution in [0.25, 0.3) is 6.08 Å². The van der Waals surface area contributed by atoms with Gasteiger partial charge in [-0.15, -0.1) is 0 Å². The minimum atomic E-state index is -0.554. The fourth-order valence-corrected chi connectivity index (χ4v) is 2.05. The number of ketones is 1. The maximum Gasteiger partial charge on any atom is 0.263 e. The van der Waals surface area contributed by atoms with Gasteiger partial charge in [-0.3, -0.25) is 9.59 Å². The molecule has 5 heteroatoms. The number of carbonyl (C=O) groups excluding carboxylic acids is 2. The van der Waals surface area contributed by atoms with Crippen molar-refractivity contribution < 1.29 is 14.7 Å². The summed E-state index contributed by atoms with van der Waals surface area (Å²) in [5, 5.41) is 13.1. The van der Waals surface area contributed by atoms with Crippen molar-refractivity contribution in [2.75, 3.05) is 0 Å². The van der Waals surface area contributed by atoms with Crippen molar-refractivity contribution in [3.63, 3.8) is 0 Å². The lowest BCUT2D eigenvalue weighted by Crippen LogP contribution is -2.20. The van der Waals surface area contributed by atoms with E-state index in [0.717, 1.165) is 5.56 Å². The van der Waals surface area contributed by atoms with E-state index in [4.69, 9.17) is 11.6 Å². The quantitative estimate of drug-likeness (QED) is 0.838. The minimum absolute atomic E-state index is 0.160. The van der Waals surface area contributed by atoms with Crippen molar-refractivity contribution in [3.05, 3.63) is 51.9 Å². The van der Waals surface area contributed by atoms with E-state index in [-0.39, 0.29) is 29.2 Å². The Hall–Kier alpha value is -2.07. The van der Waals surface area contributed by atoms with Crippen LogP contribution in [-0.2, 0) is 9.59 Å². The Morgan fingerprint density at radius 2 is 2.00 bits per heavy atom. The number of aliphatic hydroxyl groups excluding tert-OH is 1. The van der Waals surface area contributed by atoms with Crippen LogP contribution in [-0.4, -0.2) is 16.8 Å². The molecule has 1 aromatic rings. The molecule has 1 aliphatic heterocycles. The molecule has 0 aromatic heterocycles. The van der Waals surface area contributed by atoms with Gasteiger partial charge in [-0.05, 0) is 30.2 Å². The van der Waals surface area contributed by atoms with E-state index in [1.54, 1.807) is 30.3 Å². The number of amides is 1. The highest BCUT2D eigenvalue weighted by molar-refractivity contribution is 6.30. The second kappa shape index (κ2) is 5.92. The standard InChI is InChI=1S/C15H14ClNO3/c1-2-3-12(18)13-14(19)11(17-15(13)20)8-9-4-6-10(16)7-5-9/h4-8,19H,2-3H2,1H3,(H,17,20)/b11-8+. The van der Waals surface area contributed by atoms with E-state index in [0.29, 0.717) is 11.4 Å². The maximum atomic E-state index is 11.8. The van der Waals surface area contributed by atoms with Gasteiger partial charge in [0.1, 0.15) is 5.57 Å². The molecule has 0 saturated heterocycles. The van der Waals surface area contributed by atoms with Gasteiger partial charge >= 0.3 is 0 Å². The first kappa shape index (κ1) is 14.3. The zero-order valence-electron chi connectivity index (χ0n) is 10.9. The summed E-state index contributed by atoms with van der Waals surface area (Å²) in [7, 11) is 0. The molecule has 1 amide bonds.